The normalized spacial score (nSPS) is 12.0. The van der Waals surface area contributed by atoms with Crippen molar-refractivity contribution in [3.8, 4) is 11.6 Å². The summed E-state index contributed by atoms with van der Waals surface area (Å²) in [7, 11) is 0. The van der Waals surface area contributed by atoms with Crippen LogP contribution in [0, 0.1) is 24.0 Å². The van der Waals surface area contributed by atoms with Crippen LogP contribution in [0.4, 0.5) is 5.69 Å². The number of aliphatic hydroxyl groups excluding tert-OH is 1. The minimum Gasteiger partial charge on any atom is -0.439 e. The molecule has 0 fully saturated rings. The number of aryl methyl sites for hydroxylation is 2. The Labute approximate surface area is 122 Å². The molecule has 0 amide bonds. The lowest BCUT2D eigenvalue weighted by Crippen LogP contribution is -1.97. The number of nitro benzene ring substituents is 1. The van der Waals surface area contributed by atoms with Crippen LogP contribution in [-0.4, -0.2) is 15.0 Å². The largest absolute Gasteiger partial charge is 0.439 e. The van der Waals surface area contributed by atoms with E-state index < -0.39 is 11.0 Å². The predicted molar refractivity (Wildman–Crippen MR) is 77.5 cm³/mol. The first kappa shape index (κ1) is 14.9. The van der Waals surface area contributed by atoms with E-state index in [1.54, 1.807) is 45.2 Å². The van der Waals surface area contributed by atoms with Gasteiger partial charge in [-0.1, -0.05) is 0 Å². The first-order valence-corrected chi connectivity index (χ1v) is 6.46. The number of hydrogen-bond donors (Lipinski definition) is 1. The molecule has 0 aliphatic carbocycles. The van der Waals surface area contributed by atoms with Gasteiger partial charge in [-0.15, -0.1) is 0 Å². The van der Waals surface area contributed by atoms with E-state index in [2.05, 4.69) is 4.98 Å². The summed E-state index contributed by atoms with van der Waals surface area (Å²) in [5, 5.41) is 20.4. The Kier molecular flexibility index (Phi) is 4.18. The molecule has 1 N–H and O–H groups in total. The summed E-state index contributed by atoms with van der Waals surface area (Å²) < 4.78 is 5.67. The van der Waals surface area contributed by atoms with Crippen LogP contribution in [0.2, 0.25) is 0 Å². The lowest BCUT2D eigenvalue weighted by molar-refractivity contribution is -0.385. The Morgan fingerprint density at radius 3 is 2.62 bits per heavy atom. The smallest absolute Gasteiger partial charge is 0.272 e. The summed E-state index contributed by atoms with van der Waals surface area (Å²) in [5.41, 5.74) is 1.92. The van der Waals surface area contributed by atoms with Gasteiger partial charge in [-0.05, 0) is 44.0 Å². The Morgan fingerprint density at radius 1 is 1.29 bits per heavy atom. The maximum absolute atomic E-state index is 10.9. The van der Waals surface area contributed by atoms with Crippen molar-refractivity contribution in [2.75, 3.05) is 0 Å². The standard InChI is InChI=1S/C15H16N2O4/c1-9-7-14(10(2)6-13(9)17(19)20)21-15-8-12(11(3)18)4-5-16-15/h4-8,11,18H,1-3H3/t11-/m1/s1. The van der Waals surface area contributed by atoms with Crippen molar-refractivity contribution in [2.24, 2.45) is 0 Å². The summed E-state index contributed by atoms with van der Waals surface area (Å²) in [6, 6.07) is 6.43. The van der Waals surface area contributed by atoms with E-state index in [0.29, 0.717) is 28.3 Å². The molecular weight excluding hydrogens is 272 g/mol. The van der Waals surface area contributed by atoms with Gasteiger partial charge in [0.25, 0.3) is 5.69 Å². The van der Waals surface area contributed by atoms with Crippen molar-refractivity contribution in [2.45, 2.75) is 26.9 Å². The molecule has 6 heteroatoms. The molecule has 0 saturated heterocycles. The summed E-state index contributed by atoms with van der Waals surface area (Å²) in [5.74, 6) is 0.845. The minimum atomic E-state index is -0.616. The zero-order valence-electron chi connectivity index (χ0n) is 12.0. The molecule has 2 aromatic rings. The van der Waals surface area contributed by atoms with E-state index in [1.165, 1.54) is 6.07 Å². The van der Waals surface area contributed by atoms with E-state index >= 15 is 0 Å². The number of hydrogen-bond acceptors (Lipinski definition) is 5. The summed E-state index contributed by atoms with van der Waals surface area (Å²) in [4.78, 5) is 14.5. The van der Waals surface area contributed by atoms with E-state index in [9.17, 15) is 15.2 Å². The van der Waals surface area contributed by atoms with Crippen LogP contribution >= 0.6 is 0 Å². The molecule has 0 radical (unpaired) electrons. The van der Waals surface area contributed by atoms with Crippen LogP contribution in [0.25, 0.3) is 0 Å². The van der Waals surface area contributed by atoms with E-state index in [1.807, 2.05) is 0 Å². The minimum absolute atomic E-state index is 0.0607. The number of benzene rings is 1. The van der Waals surface area contributed by atoms with Gasteiger partial charge in [0.2, 0.25) is 5.88 Å². The first-order chi connectivity index (χ1) is 9.88. The van der Waals surface area contributed by atoms with Gasteiger partial charge < -0.3 is 9.84 Å². The SMILES string of the molecule is Cc1cc([N+](=O)[O-])c(C)cc1Oc1cc([C@@H](C)O)ccn1. The molecular formula is C15H16N2O4. The maximum Gasteiger partial charge on any atom is 0.272 e. The highest BCUT2D eigenvalue weighted by atomic mass is 16.6. The van der Waals surface area contributed by atoms with Crippen LogP contribution in [0.5, 0.6) is 11.6 Å². The average molecular weight is 288 g/mol. The summed E-state index contributed by atoms with van der Waals surface area (Å²) in [6.45, 7) is 5.05. The third-order valence-corrected chi connectivity index (χ3v) is 3.15. The van der Waals surface area contributed by atoms with Crippen LogP contribution < -0.4 is 4.74 Å². The highest BCUT2D eigenvalue weighted by molar-refractivity contribution is 5.50. The molecule has 1 aromatic heterocycles. The van der Waals surface area contributed by atoms with Gasteiger partial charge in [0, 0.05) is 23.9 Å². The third-order valence-electron chi connectivity index (χ3n) is 3.15. The second kappa shape index (κ2) is 5.88. The topological polar surface area (TPSA) is 85.5 Å². The first-order valence-electron chi connectivity index (χ1n) is 6.46. The van der Waals surface area contributed by atoms with Crippen molar-refractivity contribution in [3.05, 3.63) is 57.3 Å². The molecule has 1 aromatic carbocycles. The van der Waals surface area contributed by atoms with Crippen LogP contribution in [0.3, 0.4) is 0 Å². The Morgan fingerprint density at radius 2 is 2.00 bits per heavy atom. The summed E-state index contributed by atoms with van der Waals surface area (Å²) >= 11 is 0. The molecule has 1 atom stereocenters. The van der Waals surface area contributed by atoms with E-state index in [-0.39, 0.29) is 5.69 Å². The highest BCUT2D eigenvalue weighted by Gasteiger charge is 2.15. The number of nitro groups is 1. The van der Waals surface area contributed by atoms with E-state index in [4.69, 9.17) is 4.74 Å². The highest BCUT2D eigenvalue weighted by Crippen LogP contribution is 2.31. The molecule has 21 heavy (non-hydrogen) atoms. The number of rotatable bonds is 4. The molecule has 0 unspecified atom stereocenters. The molecule has 0 saturated carbocycles. The molecule has 6 nitrogen and oxygen atoms in total. The molecule has 0 aliphatic heterocycles. The average Bonchev–Trinajstić information content (AvgIpc) is 2.42. The molecule has 0 spiro atoms. The number of ether oxygens (including phenoxy) is 1. The number of aromatic nitrogens is 1. The van der Waals surface area contributed by atoms with Crippen LogP contribution in [-0.2, 0) is 0 Å². The van der Waals surface area contributed by atoms with Gasteiger partial charge in [-0.3, -0.25) is 10.1 Å². The van der Waals surface area contributed by atoms with Gasteiger partial charge in [0.1, 0.15) is 5.75 Å². The Balaban J connectivity index is 2.34. The monoisotopic (exact) mass is 288 g/mol. The van der Waals surface area contributed by atoms with Crippen molar-refractivity contribution < 1.29 is 14.8 Å². The van der Waals surface area contributed by atoms with E-state index in [0.717, 1.165) is 0 Å². The molecule has 2 rings (SSSR count). The maximum atomic E-state index is 10.9. The third kappa shape index (κ3) is 3.35. The van der Waals surface area contributed by atoms with Crippen molar-refractivity contribution in [3.63, 3.8) is 0 Å². The molecule has 1 heterocycles. The quantitative estimate of drug-likeness (QED) is 0.688. The van der Waals surface area contributed by atoms with Crippen LogP contribution in [0.15, 0.2) is 30.5 Å². The van der Waals surface area contributed by atoms with Gasteiger partial charge in [0.05, 0.1) is 11.0 Å². The fourth-order valence-corrected chi connectivity index (χ4v) is 1.93. The second-order valence-corrected chi connectivity index (χ2v) is 4.87. The fourth-order valence-electron chi connectivity index (χ4n) is 1.93. The van der Waals surface area contributed by atoms with Gasteiger partial charge in [-0.2, -0.15) is 0 Å². The summed E-state index contributed by atoms with van der Waals surface area (Å²) in [6.07, 6.45) is 0.931. The molecule has 0 bridgehead atoms. The number of aliphatic hydroxyl groups is 1. The second-order valence-electron chi connectivity index (χ2n) is 4.87. The van der Waals surface area contributed by atoms with Gasteiger partial charge >= 0.3 is 0 Å². The molecule has 0 aliphatic rings. The number of nitrogens with zero attached hydrogens (tertiary/aromatic N) is 2. The van der Waals surface area contributed by atoms with Crippen molar-refractivity contribution in [1.82, 2.24) is 4.98 Å². The predicted octanol–water partition coefficient (Wildman–Crippen LogP) is 3.45. The fraction of sp³-hybridized carbons (Fsp3) is 0.267. The van der Waals surface area contributed by atoms with Crippen molar-refractivity contribution >= 4 is 5.69 Å². The lowest BCUT2D eigenvalue weighted by Gasteiger charge is -2.11. The zero-order valence-corrected chi connectivity index (χ0v) is 12.0. The number of pyridine rings is 1. The van der Waals surface area contributed by atoms with Gasteiger partial charge in [0.15, 0.2) is 0 Å². The van der Waals surface area contributed by atoms with Gasteiger partial charge in [-0.25, -0.2) is 4.98 Å². The Hall–Kier alpha value is -2.47. The molecule has 110 valence electrons. The zero-order chi connectivity index (χ0) is 15.6. The lowest BCUT2D eigenvalue weighted by atomic mass is 10.1. The van der Waals surface area contributed by atoms with Crippen molar-refractivity contribution in [1.29, 1.82) is 0 Å². The van der Waals surface area contributed by atoms with Crippen LogP contribution in [0.1, 0.15) is 29.7 Å². The Bertz CT molecular complexity index is 683.